The lowest BCUT2D eigenvalue weighted by Gasteiger charge is -2.15. The molecule has 0 saturated heterocycles. The minimum Gasteiger partial charge on any atom is -0.355 e. The van der Waals surface area contributed by atoms with Crippen LogP contribution in [0.15, 0.2) is 29.3 Å². The minimum atomic E-state index is 0.216. The third-order valence-corrected chi connectivity index (χ3v) is 2.61. The fraction of sp³-hybridized carbons (Fsp3) is 0.364. The summed E-state index contributed by atoms with van der Waals surface area (Å²) < 4.78 is 0. The highest BCUT2D eigenvalue weighted by molar-refractivity contribution is 6.30. The first-order valence-corrected chi connectivity index (χ1v) is 5.44. The van der Waals surface area contributed by atoms with E-state index in [-0.39, 0.29) is 6.04 Å². The molecule has 1 aliphatic rings. The van der Waals surface area contributed by atoms with E-state index in [1.54, 1.807) is 0 Å². The topological polar surface area (TPSA) is 36.4 Å². The Balaban J connectivity index is 2.04. The van der Waals surface area contributed by atoms with Gasteiger partial charge < -0.3 is 10.6 Å². The molecule has 80 valence electrons. The molecule has 1 heterocycles. The van der Waals surface area contributed by atoms with Crippen molar-refractivity contribution in [3.63, 3.8) is 0 Å². The summed E-state index contributed by atoms with van der Waals surface area (Å²) >= 11 is 5.93. The maximum atomic E-state index is 5.93. The van der Waals surface area contributed by atoms with Gasteiger partial charge in [0, 0.05) is 11.6 Å². The van der Waals surface area contributed by atoms with Gasteiger partial charge >= 0.3 is 0 Å². The van der Waals surface area contributed by atoms with Crippen molar-refractivity contribution in [2.24, 2.45) is 4.99 Å². The smallest absolute Gasteiger partial charge is 0.191 e. The average Bonchev–Trinajstić information content (AvgIpc) is 2.70. The highest BCUT2D eigenvalue weighted by Crippen LogP contribution is 2.17. The number of nitrogens with zero attached hydrogens (tertiary/aromatic N) is 1. The Bertz CT molecular complexity index is 376. The summed E-state index contributed by atoms with van der Waals surface area (Å²) in [4.78, 5) is 4.29. The first-order valence-electron chi connectivity index (χ1n) is 5.06. The van der Waals surface area contributed by atoms with E-state index >= 15 is 0 Å². The first kappa shape index (κ1) is 10.3. The van der Waals surface area contributed by atoms with Gasteiger partial charge in [-0.2, -0.15) is 0 Å². The largest absolute Gasteiger partial charge is 0.355 e. The van der Waals surface area contributed by atoms with Crippen molar-refractivity contribution in [2.45, 2.75) is 13.0 Å². The van der Waals surface area contributed by atoms with E-state index in [9.17, 15) is 0 Å². The van der Waals surface area contributed by atoms with E-state index in [2.05, 4.69) is 28.6 Å². The molecule has 2 rings (SSSR count). The second-order valence-electron chi connectivity index (χ2n) is 3.58. The van der Waals surface area contributed by atoms with Crippen molar-refractivity contribution in [1.29, 1.82) is 0 Å². The average molecular weight is 224 g/mol. The summed E-state index contributed by atoms with van der Waals surface area (Å²) in [5.74, 6) is 0.877. The first-order chi connectivity index (χ1) is 7.25. The van der Waals surface area contributed by atoms with E-state index in [0.717, 1.165) is 24.1 Å². The van der Waals surface area contributed by atoms with Crippen molar-refractivity contribution in [3.8, 4) is 0 Å². The van der Waals surface area contributed by atoms with E-state index in [1.165, 1.54) is 5.56 Å². The van der Waals surface area contributed by atoms with Gasteiger partial charge in [-0.15, -0.1) is 0 Å². The van der Waals surface area contributed by atoms with Gasteiger partial charge in [-0.05, 0) is 24.6 Å². The molecule has 1 aromatic carbocycles. The predicted molar refractivity (Wildman–Crippen MR) is 63.3 cm³/mol. The SMILES string of the molecule is C[C@@H](NC1=NCCN1)c1cccc(Cl)c1. The number of guanidine groups is 1. The zero-order valence-electron chi connectivity index (χ0n) is 8.63. The van der Waals surface area contributed by atoms with Gasteiger partial charge in [-0.25, -0.2) is 0 Å². The lowest BCUT2D eigenvalue weighted by Crippen LogP contribution is -2.35. The number of nitrogens with one attached hydrogen (secondary N) is 2. The molecule has 1 aromatic rings. The van der Waals surface area contributed by atoms with Gasteiger partial charge in [0.25, 0.3) is 0 Å². The Morgan fingerprint density at radius 2 is 2.40 bits per heavy atom. The van der Waals surface area contributed by atoms with Crippen molar-refractivity contribution in [2.75, 3.05) is 13.1 Å². The van der Waals surface area contributed by atoms with Crippen LogP contribution in [0.2, 0.25) is 5.02 Å². The molecule has 1 atom stereocenters. The molecule has 2 N–H and O–H groups in total. The van der Waals surface area contributed by atoms with Gasteiger partial charge in [0.1, 0.15) is 0 Å². The van der Waals surface area contributed by atoms with Gasteiger partial charge in [0.05, 0.1) is 12.6 Å². The summed E-state index contributed by atoms with van der Waals surface area (Å²) in [6, 6.07) is 8.07. The molecule has 0 bridgehead atoms. The molecule has 0 fully saturated rings. The summed E-state index contributed by atoms with van der Waals surface area (Å²) in [6.45, 7) is 3.86. The fourth-order valence-electron chi connectivity index (χ4n) is 1.56. The minimum absolute atomic E-state index is 0.216. The second kappa shape index (κ2) is 4.53. The van der Waals surface area contributed by atoms with Crippen LogP contribution < -0.4 is 10.6 Å². The number of hydrogen-bond donors (Lipinski definition) is 2. The molecular formula is C11H14ClN3. The lowest BCUT2D eigenvalue weighted by molar-refractivity contribution is 0.702. The normalized spacial score (nSPS) is 16.8. The van der Waals surface area contributed by atoms with Gasteiger partial charge in [-0.1, -0.05) is 23.7 Å². The molecule has 3 nitrogen and oxygen atoms in total. The third kappa shape index (κ3) is 2.63. The van der Waals surface area contributed by atoms with Crippen LogP contribution in [0.1, 0.15) is 18.5 Å². The zero-order valence-corrected chi connectivity index (χ0v) is 9.38. The molecule has 0 aromatic heterocycles. The molecule has 0 aliphatic carbocycles. The van der Waals surface area contributed by atoms with Crippen LogP contribution in [0.5, 0.6) is 0 Å². The molecule has 0 amide bonds. The van der Waals surface area contributed by atoms with Crippen LogP contribution in [0.3, 0.4) is 0 Å². The Hall–Kier alpha value is -1.22. The maximum absolute atomic E-state index is 5.93. The molecule has 0 spiro atoms. The monoisotopic (exact) mass is 223 g/mol. The Morgan fingerprint density at radius 1 is 1.53 bits per heavy atom. The molecular weight excluding hydrogens is 210 g/mol. The van der Waals surface area contributed by atoms with E-state index in [0.29, 0.717) is 0 Å². The molecule has 4 heteroatoms. The number of halogens is 1. The second-order valence-corrected chi connectivity index (χ2v) is 4.01. The molecule has 0 saturated carbocycles. The van der Waals surface area contributed by atoms with Crippen LogP contribution >= 0.6 is 11.6 Å². The number of aliphatic imine (C=N–C) groups is 1. The highest BCUT2D eigenvalue weighted by Gasteiger charge is 2.10. The maximum Gasteiger partial charge on any atom is 0.191 e. The Labute approximate surface area is 94.5 Å². The molecule has 1 aliphatic heterocycles. The fourth-order valence-corrected chi connectivity index (χ4v) is 1.76. The van der Waals surface area contributed by atoms with E-state index in [1.807, 2.05) is 18.2 Å². The lowest BCUT2D eigenvalue weighted by atomic mass is 10.1. The zero-order chi connectivity index (χ0) is 10.7. The van der Waals surface area contributed by atoms with Gasteiger partial charge in [0.2, 0.25) is 0 Å². The predicted octanol–water partition coefficient (Wildman–Crippen LogP) is 1.95. The van der Waals surface area contributed by atoms with Crippen LogP contribution in [-0.4, -0.2) is 19.0 Å². The standard InChI is InChI=1S/C11H14ClN3/c1-8(15-11-13-5-6-14-11)9-3-2-4-10(12)7-9/h2-4,7-8H,5-6H2,1H3,(H2,13,14,15)/t8-/m1/s1. The molecule has 0 radical (unpaired) electrons. The van der Waals surface area contributed by atoms with Crippen LogP contribution in [0.25, 0.3) is 0 Å². The Kier molecular flexibility index (Phi) is 3.11. The van der Waals surface area contributed by atoms with Crippen molar-refractivity contribution in [3.05, 3.63) is 34.9 Å². The molecule has 0 unspecified atom stereocenters. The summed E-state index contributed by atoms with van der Waals surface area (Å²) in [5, 5.41) is 7.25. The van der Waals surface area contributed by atoms with Crippen LogP contribution in [-0.2, 0) is 0 Å². The summed E-state index contributed by atoms with van der Waals surface area (Å²) in [5.41, 5.74) is 1.17. The van der Waals surface area contributed by atoms with Crippen molar-refractivity contribution in [1.82, 2.24) is 10.6 Å². The quantitative estimate of drug-likeness (QED) is 0.804. The van der Waals surface area contributed by atoms with Crippen LogP contribution in [0, 0.1) is 0 Å². The van der Waals surface area contributed by atoms with E-state index < -0.39 is 0 Å². The number of benzene rings is 1. The van der Waals surface area contributed by atoms with Gasteiger partial charge in [-0.3, -0.25) is 4.99 Å². The summed E-state index contributed by atoms with van der Waals surface area (Å²) in [7, 11) is 0. The van der Waals surface area contributed by atoms with E-state index in [4.69, 9.17) is 11.6 Å². The number of rotatable bonds is 2. The van der Waals surface area contributed by atoms with Crippen molar-refractivity contribution >= 4 is 17.6 Å². The highest BCUT2D eigenvalue weighted by atomic mass is 35.5. The Morgan fingerprint density at radius 3 is 3.07 bits per heavy atom. The van der Waals surface area contributed by atoms with Crippen molar-refractivity contribution < 1.29 is 0 Å². The molecule has 15 heavy (non-hydrogen) atoms. The number of hydrogen-bond acceptors (Lipinski definition) is 3. The van der Waals surface area contributed by atoms with Gasteiger partial charge in [0.15, 0.2) is 5.96 Å². The van der Waals surface area contributed by atoms with Crippen LogP contribution in [0.4, 0.5) is 0 Å². The summed E-state index contributed by atoms with van der Waals surface area (Å²) in [6.07, 6.45) is 0. The third-order valence-electron chi connectivity index (χ3n) is 2.38.